The molecule has 0 bridgehead atoms. The van der Waals surface area contributed by atoms with Crippen LogP contribution in [-0.2, 0) is 16.0 Å². The highest BCUT2D eigenvalue weighted by Crippen LogP contribution is 2.61. The molecular formula is C26H36O7. The minimum atomic E-state index is -1.03. The summed E-state index contributed by atoms with van der Waals surface area (Å²) >= 11 is 0. The first-order valence-corrected chi connectivity index (χ1v) is 11.6. The van der Waals surface area contributed by atoms with Crippen molar-refractivity contribution >= 4 is 11.9 Å². The van der Waals surface area contributed by atoms with Crippen molar-refractivity contribution in [3.63, 3.8) is 0 Å². The molecule has 7 nitrogen and oxygen atoms in total. The molecule has 1 aliphatic heterocycles. The normalized spacial score (nSPS) is 28.8. The van der Waals surface area contributed by atoms with E-state index in [-0.39, 0.29) is 23.8 Å². The third-order valence-corrected chi connectivity index (χ3v) is 8.24. The topological polar surface area (TPSA) is 110 Å². The second-order valence-electron chi connectivity index (χ2n) is 10.7. The van der Waals surface area contributed by atoms with Crippen LogP contribution in [0, 0.1) is 31.1 Å². The van der Waals surface area contributed by atoms with Gasteiger partial charge >= 0.3 is 11.9 Å². The van der Waals surface area contributed by atoms with Gasteiger partial charge in [-0.25, -0.2) is 4.79 Å². The second-order valence-corrected chi connectivity index (χ2v) is 10.7. The molecule has 1 fully saturated rings. The SMILES string of the molecule is COC(=O)c1c(C)cc2c(c(C)c1=O)O[C@]1(C2)[C@H](C)CC[C@H](C(C)(C)O)[C@@]1(C)CCC(=O)O. The molecule has 1 aromatic carbocycles. The maximum Gasteiger partial charge on any atom is 0.342 e. The zero-order valence-electron chi connectivity index (χ0n) is 20.7. The predicted octanol–water partition coefficient (Wildman–Crippen LogP) is 3.81. The molecule has 3 rings (SSSR count). The summed E-state index contributed by atoms with van der Waals surface area (Å²) in [6.07, 6.45) is 2.35. The van der Waals surface area contributed by atoms with E-state index in [0.29, 0.717) is 29.7 Å². The number of rotatable bonds is 5. The Balaban J connectivity index is 2.23. The fraction of sp³-hybridized carbons (Fsp3) is 0.654. The Morgan fingerprint density at radius 3 is 2.45 bits per heavy atom. The van der Waals surface area contributed by atoms with Crippen LogP contribution in [0.2, 0.25) is 0 Å². The smallest absolute Gasteiger partial charge is 0.342 e. The predicted molar refractivity (Wildman–Crippen MR) is 124 cm³/mol. The van der Waals surface area contributed by atoms with Crippen LogP contribution in [0.4, 0.5) is 0 Å². The average molecular weight is 461 g/mol. The summed E-state index contributed by atoms with van der Waals surface area (Å²) in [7, 11) is 1.25. The molecule has 0 unspecified atom stereocenters. The first-order valence-electron chi connectivity index (χ1n) is 11.6. The molecule has 2 aliphatic rings. The van der Waals surface area contributed by atoms with Crippen molar-refractivity contribution in [2.75, 3.05) is 7.11 Å². The Kier molecular flexibility index (Phi) is 6.44. The number of aryl methyl sites for hydroxylation is 1. The van der Waals surface area contributed by atoms with Gasteiger partial charge in [-0.05, 0) is 69.9 Å². The number of esters is 1. The number of carboxylic acid groups (broad SMARTS) is 1. The number of aliphatic carboxylic acids is 1. The molecule has 1 spiro atoms. The molecule has 0 aromatic heterocycles. The number of hydrogen-bond acceptors (Lipinski definition) is 6. The molecule has 4 atom stereocenters. The molecule has 0 radical (unpaired) electrons. The van der Waals surface area contributed by atoms with Crippen LogP contribution in [-0.4, -0.2) is 40.5 Å². The summed E-state index contributed by atoms with van der Waals surface area (Å²) in [4.78, 5) is 37.1. The van der Waals surface area contributed by atoms with Crippen molar-refractivity contribution < 1.29 is 29.3 Å². The average Bonchev–Trinajstić information content (AvgIpc) is 3.06. The molecule has 182 valence electrons. The van der Waals surface area contributed by atoms with Crippen LogP contribution in [0.5, 0.6) is 5.75 Å². The zero-order chi connectivity index (χ0) is 24.9. The van der Waals surface area contributed by atoms with E-state index < -0.39 is 34.0 Å². The molecular weight excluding hydrogens is 424 g/mol. The second kappa shape index (κ2) is 8.42. The molecule has 1 aromatic rings. The van der Waals surface area contributed by atoms with Crippen LogP contribution in [0.15, 0.2) is 10.9 Å². The van der Waals surface area contributed by atoms with Gasteiger partial charge in [-0.2, -0.15) is 0 Å². The lowest BCUT2D eigenvalue weighted by Crippen LogP contribution is -2.64. The molecule has 2 N–H and O–H groups in total. The summed E-state index contributed by atoms with van der Waals surface area (Å²) in [6, 6.07) is 1.82. The molecule has 7 heteroatoms. The van der Waals surface area contributed by atoms with Crippen LogP contribution < -0.4 is 10.2 Å². The lowest BCUT2D eigenvalue weighted by molar-refractivity contribution is -0.188. The Bertz CT molecular complexity index is 1040. The number of fused-ring (bicyclic) bond motifs is 1. The third-order valence-electron chi connectivity index (χ3n) is 8.24. The summed E-state index contributed by atoms with van der Waals surface area (Å²) < 4.78 is 11.6. The van der Waals surface area contributed by atoms with Gasteiger partial charge in [0.15, 0.2) is 5.43 Å². The van der Waals surface area contributed by atoms with Crippen molar-refractivity contribution in [3.05, 3.63) is 38.5 Å². The van der Waals surface area contributed by atoms with Crippen LogP contribution in [0.25, 0.3) is 0 Å². The summed E-state index contributed by atoms with van der Waals surface area (Å²) in [6.45, 7) is 11.0. The first-order chi connectivity index (χ1) is 15.2. The highest BCUT2D eigenvalue weighted by molar-refractivity contribution is 5.91. The fourth-order valence-electron chi connectivity index (χ4n) is 6.54. The lowest BCUT2D eigenvalue weighted by atomic mass is 9.49. The molecule has 1 saturated carbocycles. The summed E-state index contributed by atoms with van der Waals surface area (Å²) in [5.74, 6) is -1.23. The van der Waals surface area contributed by atoms with E-state index in [1.165, 1.54) is 7.11 Å². The van der Waals surface area contributed by atoms with Crippen molar-refractivity contribution in [3.8, 4) is 5.75 Å². The standard InChI is InChI=1S/C26H36O7/c1-14-12-17-13-26(33-22(17)16(3)21(29)20(14)23(30)32-7)15(2)8-9-18(24(4,5)31)25(26,6)11-10-19(27)28/h12,15,18,31H,8-11,13H2,1-7H3,(H,27,28)/t15-,18-,25-,26-/m1/s1. The van der Waals surface area contributed by atoms with Crippen molar-refractivity contribution in [1.82, 2.24) is 0 Å². The minimum absolute atomic E-state index is 0.00162. The maximum atomic E-state index is 13.2. The van der Waals surface area contributed by atoms with Crippen LogP contribution in [0.1, 0.15) is 80.4 Å². The number of aliphatic hydroxyl groups is 1. The van der Waals surface area contributed by atoms with Gasteiger partial charge in [0.1, 0.15) is 16.9 Å². The van der Waals surface area contributed by atoms with Crippen LogP contribution in [0.3, 0.4) is 0 Å². The third kappa shape index (κ3) is 3.94. The number of hydrogen-bond donors (Lipinski definition) is 2. The van der Waals surface area contributed by atoms with Crippen molar-refractivity contribution in [2.45, 2.75) is 84.8 Å². The Labute approximate surface area is 195 Å². The molecule has 0 amide bonds. The number of carbonyl (C=O) groups is 2. The van der Waals surface area contributed by atoms with Gasteiger partial charge in [-0.3, -0.25) is 9.59 Å². The highest BCUT2D eigenvalue weighted by atomic mass is 16.5. The quantitative estimate of drug-likeness (QED) is 0.643. The van der Waals surface area contributed by atoms with Gasteiger partial charge in [0.25, 0.3) is 0 Å². The molecule has 0 saturated heterocycles. The summed E-state index contributed by atoms with van der Waals surface area (Å²) in [5, 5.41) is 20.6. The van der Waals surface area contributed by atoms with E-state index in [4.69, 9.17) is 9.47 Å². The number of carbonyl (C=O) groups excluding carboxylic acids is 1. The van der Waals surface area contributed by atoms with E-state index in [1.807, 2.05) is 13.0 Å². The van der Waals surface area contributed by atoms with E-state index >= 15 is 0 Å². The van der Waals surface area contributed by atoms with Crippen molar-refractivity contribution in [1.29, 1.82) is 0 Å². The van der Waals surface area contributed by atoms with E-state index in [0.717, 1.165) is 18.4 Å². The number of methoxy groups -OCH3 is 1. The minimum Gasteiger partial charge on any atom is -0.485 e. The number of ether oxygens (including phenoxy) is 2. The van der Waals surface area contributed by atoms with Crippen LogP contribution >= 0.6 is 0 Å². The van der Waals surface area contributed by atoms with E-state index in [9.17, 15) is 24.6 Å². The van der Waals surface area contributed by atoms with E-state index in [1.54, 1.807) is 27.7 Å². The molecule has 1 aliphatic carbocycles. The number of carboxylic acids is 1. The van der Waals surface area contributed by atoms with Gasteiger partial charge < -0.3 is 19.7 Å². The van der Waals surface area contributed by atoms with Gasteiger partial charge in [0.05, 0.1) is 12.7 Å². The Morgan fingerprint density at radius 2 is 1.91 bits per heavy atom. The lowest BCUT2D eigenvalue weighted by Gasteiger charge is -2.59. The molecule has 33 heavy (non-hydrogen) atoms. The fourth-order valence-corrected chi connectivity index (χ4v) is 6.54. The van der Waals surface area contributed by atoms with Crippen molar-refractivity contribution in [2.24, 2.45) is 17.3 Å². The Hall–Kier alpha value is -2.41. The molecule has 1 heterocycles. The monoisotopic (exact) mass is 460 g/mol. The first kappa shape index (κ1) is 25.2. The van der Waals surface area contributed by atoms with Gasteiger partial charge in [-0.15, -0.1) is 0 Å². The zero-order valence-corrected chi connectivity index (χ0v) is 20.7. The van der Waals surface area contributed by atoms with Gasteiger partial charge in [0, 0.05) is 23.8 Å². The summed E-state index contributed by atoms with van der Waals surface area (Å²) in [5.41, 5.74) is -1.21. The highest BCUT2D eigenvalue weighted by Gasteiger charge is 2.64. The maximum absolute atomic E-state index is 13.2. The van der Waals surface area contributed by atoms with Gasteiger partial charge in [0.2, 0.25) is 0 Å². The Morgan fingerprint density at radius 1 is 1.27 bits per heavy atom. The van der Waals surface area contributed by atoms with E-state index in [2.05, 4.69) is 6.92 Å². The largest absolute Gasteiger partial charge is 0.485 e. The van der Waals surface area contributed by atoms with Gasteiger partial charge in [-0.1, -0.05) is 19.9 Å².